The minimum atomic E-state index is -0.278. The van der Waals surface area contributed by atoms with Crippen molar-refractivity contribution in [2.75, 3.05) is 31.7 Å². The molecule has 1 heterocycles. The van der Waals surface area contributed by atoms with Crippen molar-refractivity contribution in [3.8, 4) is 0 Å². The molecule has 0 aromatic heterocycles. The van der Waals surface area contributed by atoms with E-state index in [4.69, 9.17) is 4.74 Å². The normalized spacial score (nSPS) is 18.1. The lowest BCUT2D eigenvalue weighted by Crippen LogP contribution is -2.34. The topological polar surface area (TPSA) is 58.6 Å². The molecule has 1 saturated heterocycles. The van der Waals surface area contributed by atoms with Crippen molar-refractivity contribution in [1.29, 1.82) is 0 Å². The van der Waals surface area contributed by atoms with E-state index >= 15 is 0 Å². The third-order valence-electron chi connectivity index (χ3n) is 3.76. The Balaban J connectivity index is 2.04. The number of carbonyl (C=O) groups is 2. The molecular formula is C16H22N2O3. The van der Waals surface area contributed by atoms with Gasteiger partial charge < -0.3 is 15.0 Å². The summed E-state index contributed by atoms with van der Waals surface area (Å²) in [6.45, 7) is 3.48. The van der Waals surface area contributed by atoms with Gasteiger partial charge in [-0.05, 0) is 18.1 Å². The van der Waals surface area contributed by atoms with Gasteiger partial charge in [0.1, 0.15) is 0 Å². The van der Waals surface area contributed by atoms with Gasteiger partial charge in [0, 0.05) is 32.3 Å². The molecule has 1 aliphatic rings. The number of hydrogen-bond acceptors (Lipinski definition) is 3. The minimum Gasteiger partial charge on any atom is -0.383 e. The molecule has 1 N–H and O–H groups in total. The summed E-state index contributed by atoms with van der Waals surface area (Å²) in [7, 11) is 1.59. The Bertz CT molecular complexity index is 516. The van der Waals surface area contributed by atoms with Crippen molar-refractivity contribution in [3.63, 3.8) is 0 Å². The van der Waals surface area contributed by atoms with E-state index in [2.05, 4.69) is 12.2 Å². The third kappa shape index (κ3) is 3.61. The minimum absolute atomic E-state index is 0.0165. The first kappa shape index (κ1) is 15.5. The van der Waals surface area contributed by atoms with E-state index < -0.39 is 0 Å². The fourth-order valence-electron chi connectivity index (χ4n) is 2.61. The zero-order valence-electron chi connectivity index (χ0n) is 12.6. The number of ether oxygens (including phenoxy) is 1. The molecule has 2 amide bonds. The van der Waals surface area contributed by atoms with Gasteiger partial charge in [-0.15, -0.1) is 0 Å². The number of nitrogens with zero attached hydrogens (tertiary/aromatic N) is 1. The van der Waals surface area contributed by atoms with Gasteiger partial charge in [0.25, 0.3) is 0 Å². The number of hydrogen-bond donors (Lipinski definition) is 1. The number of methoxy groups -OCH3 is 1. The highest BCUT2D eigenvalue weighted by Crippen LogP contribution is 2.28. The summed E-state index contributed by atoms with van der Waals surface area (Å²) in [4.78, 5) is 26.0. The lowest BCUT2D eigenvalue weighted by atomic mass is 10.1. The molecule has 1 aromatic rings. The number of rotatable bonds is 6. The summed E-state index contributed by atoms with van der Waals surface area (Å²) < 4.78 is 4.90. The molecule has 0 spiro atoms. The van der Waals surface area contributed by atoms with Crippen LogP contribution in [0.1, 0.15) is 18.9 Å². The van der Waals surface area contributed by atoms with E-state index in [0.29, 0.717) is 19.7 Å². The molecule has 1 unspecified atom stereocenters. The third-order valence-corrected chi connectivity index (χ3v) is 3.76. The average molecular weight is 290 g/mol. The molecule has 1 atom stereocenters. The van der Waals surface area contributed by atoms with E-state index in [0.717, 1.165) is 17.7 Å². The Morgan fingerprint density at radius 2 is 2.19 bits per heavy atom. The fourth-order valence-corrected chi connectivity index (χ4v) is 2.61. The molecule has 0 bridgehead atoms. The molecule has 0 aliphatic carbocycles. The highest BCUT2D eigenvalue weighted by atomic mass is 16.5. The van der Waals surface area contributed by atoms with E-state index in [1.165, 1.54) is 0 Å². The first-order valence-electron chi connectivity index (χ1n) is 7.32. The quantitative estimate of drug-likeness (QED) is 0.805. The van der Waals surface area contributed by atoms with Crippen molar-refractivity contribution in [3.05, 3.63) is 29.8 Å². The molecule has 2 rings (SSSR count). The number of aryl methyl sites for hydroxylation is 1. The highest BCUT2D eigenvalue weighted by Gasteiger charge is 2.35. The maximum absolute atomic E-state index is 12.2. The van der Waals surface area contributed by atoms with Crippen LogP contribution >= 0.6 is 0 Å². The summed E-state index contributed by atoms with van der Waals surface area (Å²) in [5.41, 5.74) is 2.06. The number of carbonyl (C=O) groups excluding carboxylic acids is 2. The number of nitrogens with one attached hydrogen (secondary N) is 1. The Morgan fingerprint density at radius 1 is 1.43 bits per heavy atom. The lowest BCUT2D eigenvalue weighted by Gasteiger charge is -2.19. The maximum Gasteiger partial charge on any atom is 0.227 e. The Labute approximate surface area is 125 Å². The van der Waals surface area contributed by atoms with Gasteiger partial charge in [-0.25, -0.2) is 0 Å². The number of anilines is 1. The second-order valence-electron chi connectivity index (χ2n) is 5.17. The van der Waals surface area contributed by atoms with Crippen molar-refractivity contribution >= 4 is 17.5 Å². The van der Waals surface area contributed by atoms with Crippen LogP contribution in [-0.2, 0) is 20.7 Å². The lowest BCUT2D eigenvalue weighted by molar-refractivity contribution is -0.126. The van der Waals surface area contributed by atoms with E-state index in [1.54, 1.807) is 12.0 Å². The van der Waals surface area contributed by atoms with Crippen molar-refractivity contribution in [2.45, 2.75) is 19.8 Å². The highest BCUT2D eigenvalue weighted by molar-refractivity contribution is 6.00. The van der Waals surface area contributed by atoms with Gasteiger partial charge in [-0.3, -0.25) is 9.59 Å². The van der Waals surface area contributed by atoms with Crippen LogP contribution in [0.25, 0.3) is 0 Å². The summed E-state index contributed by atoms with van der Waals surface area (Å²) in [5, 5.41) is 2.80. The summed E-state index contributed by atoms with van der Waals surface area (Å²) in [5.74, 6) is -0.334. The fraction of sp³-hybridized carbons (Fsp3) is 0.500. The molecule has 21 heavy (non-hydrogen) atoms. The molecule has 0 radical (unpaired) electrons. The van der Waals surface area contributed by atoms with Crippen molar-refractivity contribution in [2.24, 2.45) is 5.92 Å². The van der Waals surface area contributed by atoms with Gasteiger partial charge >= 0.3 is 0 Å². The molecular weight excluding hydrogens is 268 g/mol. The average Bonchev–Trinajstić information content (AvgIpc) is 2.89. The van der Waals surface area contributed by atoms with Crippen LogP contribution in [0.4, 0.5) is 5.69 Å². The summed E-state index contributed by atoms with van der Waals surface area (Å²) >= 11 is 0. The van der Waals surface area contributed by atoms with Gasteiger partial charge in [-0.1, -0.05) is 25.1 Å². The van der Waals surface area contributed by atoms with Crippen molar-refractivity contribution in [1.82, 2.24) is 5.32 Å². The van der Waals surface area contributed by atoms with Crippen LogP contribution < -0.4 is 10.2 Å². The SMILES string of the molecule is CCc1ccccc1N1CC(C(=O)NCCOC)CC1=O. The van der Waals surface area contributed by atoms with Gasteiger partial charge in [-0.2, -0.15) is 0 Å². The van der Waals surface area contributed by atoms with E-state index in [-0.39, 0.29) is 24.2 Å². The molecule has 1 fully saturated rings. The van der Waals surface area contributed by atoms with E-state index in [9.17, 15) is 9.59 Å². The van der Waals surface area contributed by atoms with E-state index in [1.807, 2.05) is 24.3 Å². The molecule has 5 nitrogen and oxygen atoms in total. The van der Waals surface area contributed by atoms with Gasteiger partial charge in [0.05, 0.1) is 12.5 Å². The zero-order chi connectivity index (χ0) is 15.2. The van der Waals surface area contributed by atoms with Crippen LogP contribution in [0, 0.1) is 5.92 Å². The molecule has 0 saturated carbocycles. The largest absolute Gasteiger partial charge is 0.383 e. The first-order chi connectivity index (χ1) is 10.2. The summed E-state index contributed by atoms with van der Waals surface area (Å²) in [6, 6.07) is 7.86. The zero-order valence-corrected chi connectivity index (χ0v) is 12.6. The van der Waals surface area contributed by atoms with Crippen molar-refractivity contribution < 1.29 is 14.3 Å². The van der Waals surface area contributed by atoms with Crippen LogP contribution in [0.3, 0.4) is 0 Å². The Morgan fingerprint density at radius 3 is 2.90 bits per heavy atom. The smallest absolute Gasteiger partial charge is 0.227 e. The standard InChI is InChI=1S/C16H22N2O3/c1-3-12-6-4-5-7-14(12)18-11-13(10-15(18)19)16(20)17-8-9-21-2/h4-7,13H,3,8-11H2,1-2H3,(H,17,20). The first-order valence-corrected chi connectivity index (χ1v) is 7.32. The predicted octanol–water partition coefficient (Wildman–Crippen LogP) is 1.36. The van der Waals surface area contributed by atoms with Crippen LogP contribution in [-0.4, -0.2) is 38.6 Å². The second kappa shape index (κ2) is 7.22. The van der Waals surface area contributed by atoms with Gasteiger partial charge in [0.2, 0.25) is 11.8 Å². The molecule has 114 valence electrons. The summed E-state index contributed by atoms with van der Waals surface area (Å²) in [6.07, 6.45) is 1.14. The number of para-hydroxylation sites is 1. The number of benzene rings is 1. The van der Waals surface area contributed by atoms with Crippen LogP contribution in [0.5, 0.6) is 0 Å². The number of amides is 2. The molecule has 1 aliphatic heterocycles. The van der Waals surface area contributed by atoms with Crippen LogP contribution in [0.2, 0.25) is 0 Å². The second-order valence-corrected chi connectivity index (χ2v) is 5.17. The monoisotopic (exact) mass is 290 g/mol. The Hall–Kier alpha value is -1.88. The van der Waals surface area contributed by atoms with Crippen LogP contribution in [0.15, 0.2) is 24.3 Å². The molecule has 5 heteroatoms. The van der Waals surface area contributed by atoms with Gasteiger partial charge in [0.15, 0.2) is 0 Å². The maximum atomic E-state index is 12.2. The predicted molar refractivity (Wildman–Crippen MR) is 81.2 cm³/mol. The molecule has 1 aromatic carbocycles. The Kier molecular flexibility index (Phi) is 5.33.